The van der Waals surface area contributed by atoms with Crippen molar-refractivity contribution >= 4 is 16.9 Å². The highest BCUT2D eigenvalue weighted by atomic mass is 16.5. The number of carbonyl (C=O) groups is 1. The van der Waals surface area contributed by atoms with E-state index in [2.05, 4.69) is 11.3 Å². The van der Waals surface area contributed by atoms with E-state index >= 15 is 0 Å². The van der Waals surface area contributed by atoms with Gasteiger partial charge in [0, 0.05) is 17.7 Å². The zero-order valence-corrected chi connectivity index (χ0v) is 11.4. The summed E-state index contributed by atoms with van der Waals surface area (Å²) in [6, 6.07) is 2.79. The van der Waals surface area contributed by atoms with Crippen molar-refractivity contribution in [2.75, 3.05) is 7.11 Å². The number of methoxy groups -OCH3 is 1. The molecule has 1 aromatic carbocycles. The second-order valence-electron chi connectivity index (χ2n) is 4.69. The fraction of sp³-hybridized carbons (Fsp3) is 0.267. The summed E-state index contributed by atoms with van der Waals surface area (Å²) in [7, 11) is 1.24. The molecule has 0 unspecified atom stereocenters. The zero-order valence-electron chi connectivity index (χ0n) is 11.4. The summed E-state index contributed by atoms with van der Waals surface area (Å²) in [5.41, 5.74) is 1.60. The number of hydrogen-bond donors (Lipinski definition) is 2. The van der Waals surface area contributed by atoms with E-state index in [-0.39, 0.29) is 22.8 Å². The number of esters is 1. The highest BCUT2D eigenvalue weighted by Crippen LogP contribution is 2.38. The van der Waals surface area contributed by atoms with Gasteiger partial charge in [-0.15, -0.1) is 6.58 Å². The Labute approximate surface area is 116 Å². The molecule has 0 spiro atoms. The van der Waals surface area contributed by atoms with Gasteiger partial charge in [0.05, 0.1) is 12.5 Å². The molecule has 2 aromatic rings. The lowest BCUT2D eigenvalue weighted by atomic mass is 10.0. The molecule has 0 bridgehead atoms. The minimum atomic E-state index is -0.636. The van der Waals surface area contributed by atoms with Crippen LogP contribution in [0.4, 0.5) is 0 Å². The van der Waals surface area contributed by atoms with Crippen molar-refractivity contribution in [1.82, 2.24) is 0 Å². The van der Waals surface area contributed by atoms with Gasteiger partial charge >= 0.3 is 5.97 Å². The lowest BCUT2D eigenvalue weighted by Crippen LogP contribution is -1.97. The first kappa shape index (κ1) is 14.0. The number of phenolic OH excluding ortho intramolecular Hbond substituents is 2. The predicted molar refractivity (Wildman–Crippen MR) is 74.0 cm³/mol. The zero-order chi connectivity index (χ0) is 14.9. The summed E-state index contributed by atoms with van der Waals surface area (Å²) in [6.45, 7) is 5.66. The average Bonchev–Trinajstić information content (AvgIpc) is 2.81. The Morgan fingerprint density at radius 2 is 2.10 bits per heavy atom. The number of phenols is 2. The van der Waals surface area contributed by atoms with Crippen LogP contribution >= 0.6 is 0 Å². The molecule has 106 valence electrons. The Bertz CT molecular complexity index is 681. The molecule has 20 heavy (non-hydrogen) atoms. The molecular weight excluding hydrogens is 260 g/mol. The lowest BCUT2D eigenvalue weighted by molar-refractivity contribution is 0.0567. The van der Waals surface area contributed by atoms with Crippen molar-refractivity contribution in [2.45, 2.75) is 19.8 Å². The van der Waals surface area contributed by atoms with Gasteiger partial charge in [-0.3, -0.25) is 0 Å². The molecule has 5 heteroatoms. The van der Waals surface area contributed by atoms with Crippen LogP contribution in [0.5, 0.6) is 11.5 Å². The van der Waals surface area contributed by atoms with Crippen LogP contribution in [0.1, 0.15) is 29.5 Å². The van der Waals surface area contributed by atoms with Crippen molar-refractivity contribution < 1.29 is 24.2 Å². The van der Waals surface area contributed by atoms with Crippen LogP contribution in [0.2, 0.25) is 0 Å². The lowest BCUT2D eigenvalue weighted by Gasteiger charge is -2.07. The third-order valence-corrected chi connectivity index (χ3v) is 3.07. The maximum absolute atomic E-state index is 11.4. The molecule has 0 atom stereocenters. The maximum atomic E-state index is 11.4. The maximum Gasteiger partial charge on any atom is 0.373 e. The van der Waals surface area contributed by atoms with E-state index in [1.165, 1.54) is 19.2 Å². The van der Waals surface area contributed by atoms with Crippen molar-refractivity contribution in [1.29, 1.82) is 0 Å². The summed E-state index contributed by atoms with van der Waals surface area (Å²) < 4.78 is 9.81. The molecule has 0 amide bonds. The summed E-state index contributed by atoms with van der Waals surface area (Å²) >= 11 is 0. The quantitative estimate of drug-likeness (QED) is 0.662. The number of fused-ring (bicyclic) bond motifs is 1. The monoisotopic (exact) mass is 276 g/mol. The molecule has 0 saturated heterocycles. The number of hydrogen-bond acceptors (Lipinski definition) is 5. The van der Waals surface area contributed by atoms with Gasteiger partial charge in [0.15, 0.2) is 0 Å². The second kappa shape index (κ2) is 5.28. The van der Waals surface area contributed by atoms with Crippen molar-refractivity contribution in [3.8, 4) is 11.5 Å². The molecule has 0 saturated carbocycles. The highest BCUT2D eigenvalue weighted by molar-refractivity contribution is 5.96. The molecule has 2 N–H and O–H groups in total. The van der Waals surface area contributed by atoms with Gasteiger partial charge in [0.1, 0.15) is 17.1 Å². The van der Waals surface area contributed by atoms with E-state index < -0.39 is 5.97 Å². The Morgan fingerprint density at radius 1 is 1.40 bits per heavy atom. The standard InChI is InChI=1S/C15H16O5/c1-8(2)4-5-9-11(16)7-12-10(14(9)17)6-13(20-12)15(18)19-3/h6-7,16-17H,1,4-5H2,2-3H3. The first-order valence-corrected chi connectivity index (χ1v) is 6.14. The number of aromatic hydroxyl groups is 2. The van der Waals surface area contributed by atoms with E-state index in [4.69, 9.17) is 4.42 Å². The van der Waals surface area contributed by atoms with E-state index in [0.29, 0.717) is 23.8 Å². The van der Waals surface area contributed by atoms with Crippen LogP contribution in [0.15, 0.2) is 28.7 Å². The van der Waals surface area contributed by atoms with Crippen LogP contribution in [0.3, 0.4) is 0 Å². The summed E-state index contributed by atoms with van der Waals surface area (Å²) in [6.07, 6.45) is 1.11. The number of allylic oxidation sites excluding steroid dienone is 1. The normalized spacial score (nSPS) is 10.7. The van der Waals surface area contributed by atoms with E-state index in [9.17, 15) is 15.0 Å². The van der Waals surface area contributed by atoms with E-state index in [1.54, 1.807) is 0 Å². The number of rotatable bonds is 4. The smallest absolute Gasteiger partial charge is 0.373 e. The van der Waals surface area contributed by atoms with Crippen molar-refractivity contribution in [3.05, 3.63) is 35.6 Å². The second-order valence-corrected chi connectivity index (χ2v) is 4.69. The number of ether oxygens (including phenoxy) is 1. The third kappa shape index (κ3) is 2.47. The Kier molecular flexibility index (Phi) is 3.70. The molecule has 1 heterocycles. The number of furan rings is 1. The van der Waals surface area contributed by atoms with Crippen molar-refractivity contribution in [2.24, 2.45) is 0 Å². The van der Waals surface area contributed by atoms with Gasteiger partial charge in [0.2, 0.25) is 5.76 Å². The summed E-state index contributed by atoms with van der Waals surface area (Å²) in [4.78, 5) is 11.4. The summed E-state index contributed by atoms with van der Waals surface area (Å²) in [5.74, 6) is -0.806. The molecular formula is C15H16O5. The van der Waals surface area contributed by atoms with E-state index in [1.807, 2.05) is 6.92 Å². The molecule has 0 aliphatic rings. The highest BCUT2D eigenvalue weighted by Gasteiger charge is 2.19. The van der Waals surface area contributed by atoms with Gasteiger partial charge in [-0.1, -0.05) is 5.57 Å². The fourth-order valence-corrected chi connectivity index (χ4v) is 1.98. The first-order valence-electron chi connectivity index (χ1n) is 6.14. The summed E-state index contributed by atoms with van der Waals surface area (Å²) in [5, 5.41) is 20.5. The Morgan fingerprint density at radius 3 is 2.70 bits per heavy atom. The van der Waals surface area contributed by atoms with Gasteiger partial charge in [-0.05, 0) is 19.8 Å². The molecule has 0 aliphatic heterocycles. The number of carbonyl (C=O) groups excluding carboxylic acids is 1. The predicted octanol–water partition coefficient (Wildman–Crippen LogP) is 3.14. The molecule has 0 aliphatic carbocycles. The topological polar surface area (TPSA) is 79.9 Å². The Balaban J connectivity index is 2.50. The SMILES string of the molecule is C=C(C)CCc1c(O)cc2oc(C(=O)OC)cc2c1O. The molecule has 1 aromatic heterocycles. The third-order valence-electron chi connectivity index (χ3n) is 3.07. The van der Waals surface area contributed by atoms with Crippen molar-refractivity contribution in [3.63, 3.8) is 0 Å². The van der Waals surface area contributed by atoms with Crippen LogP contribution < -0.4 is 0 Å². The van der Waals surface area contributed by atoms with Gasteiger partial charge < -0.3 is 19.4 Å². The largest absolute Gasteiger partial charge is 0.507 e. The molecule has 2 rings (SSSR count). The number of benzene rings is 1. The molecule has 5 nitrogen and oxygen atoms in total. The van der Waals surface area contributed by atoms with Crippen LogP contribution in [-0.2, 0) is 11.2 Å². The first-order chi connectivity index (χ1) is 9.43. The van der Waals surface area contributed by atoms with E-state index in [0.717, 1.165) is 5.57 Å². The van der Waals surface area contributed by atoms with Crippen LogP contribution in [-0.4, -0.2) is 23.3 Å². The van der Waals surface area contributed by atoms with Gasteiger partial charge in [-0.25, -0.2) is 4.79 Å². The van der Waals surface area contributed by atoms with Crippen LogP contribution in [0, 0.1) is 0 Å². The van der Waals surface area contributed by atoms with Crippen LogP contribution in [0.25, 0.3) is 11.0 Å². The minimum absolute atomic E-state index is 0.0192. The minimum Gasteiger partial charge on any atom is -0.507 e. The van der Waals surface area contributed by atoms with Gasteiger partial charge in [-0.2, -0.15) is 0 Å². The van der Waals surface area contributed by atoms with Gasteiger partial charge in [0.25, 0.3) is 0 Å². The molecule has 0 fully saturated rings. The Hall–Kier alpha value is -2.43. The fourth-order valence-electron chi connectivity index (χ4n) is 1.98. The average molecular weight is 276 g/mol. The molecule has 0 radical (unpaired) electrons.